The molecule has 1 aromatic heterocycles. The van der Waals surface area contributed by atoms with E-state index in [1.54, 1.807) is 6.07 Å². The van der Waals surface area contributed by atoms with Gasteiger partial charge in [-0.3, -0.25) is 4.79 Å². The largest absolute Gasteiger partial charge is 0.335 e. The molecule has 2 N–H and O–H groups in total. The van der Waals surface area contributed by atoms with Crippen molar-refractivity contribution in [1.29, 1.82) is 0 Å². The molecule has 4 rings (SSSR count). The summed E-state index contributed by atoms with van der Waals surface area (Å²) in [6.45, 7) is 1.35. The molecule has 2 aliphatic rings. The Morgan fingerprint density at radius 3 is 2.59 bits per heavy atom. The van der Waals surface area contributed by atoms with Crippen molar-refractivity contribution >= 4 is 29.0 Å². The number of halogens is 1. The Kier molecular flexibility index (Phi) is 6.03. The van der Waals surface area contributed by atoms with Gasteiger partial charge >= 0.3 is 6.03 Å². The van der Waals surface area contributed by atoms with Crippen LogP contribution in [0.4, 0.5) is 14.9 Å². The van der Waals surface area contributed by atoms with Crippen molar-refractivity contribution in [3.63, 3.8) is 0 Å². The van der Waals surface area contributed by atoms with Crippen LogP contribution in [-0.4, -0.2) is 46.2 Å². The van der Waals surface area contributed by atoms with E-state index >= 15 is 0 Å². The molecule has 0 atom stereocenters. The number of rotatable bonds is 4. The van der Waals surface area contributed by atoms with Crippen LogP contribution < -0.4 is 10.6 Å². The van der Waals surface area contributed by atoms with Crippen LogP contribution in [0.3, 0.4) is 0 Å². The van der Waals surface area contributed by atoms with Crippen LogP contribution in [0.15, 0.2) is 24.3 Å². The lowest BCUT2D eigenvalue weighted by Crippen LogP contribution is -2.47. The highest BCUT2D eigenvalue weighted by molar-refractivity contribution is 7.13. The molecule has 154 valence electrons. The number of hydrogen-bond donors (Lipinski definition) is 2. The first-order chi connectivity index (χ1) is 14.1. The first-order valence-corrected chi connectivity index (χ1v) is 10.9. The second-order valence-corrected chi connectivity index (χ2v) is 8.61. The molecule has 0 radical (unpaired) electrons. The normalized spacial score (nSPS) is 18.0. The number of carbonyl (C=O) groups excluding carboxylic acids is 2. The summed E-state index contributed by atoms with van der Waals surface area (Å²) in [5.41, 5.74) is 0.383. The topological polar surface area (TPSA) is 87.2 Å². The van der Waals surface area contributed by atoms with Gasteiger partial charge in [0.05, 0.1) is 0 Å². The smallest absolute Gasteiger partial charge is 0.317 e. The van der Waals surface area contributed by atoms with Crippen molar-refractivity contribution < 1.29 is 14.0 Å². The number of likely N-dealkylation sites (tertiary alicyclic amines) is 1. The molecule has 0 bridgehead atoms. The molecule has 1 aliphatic carbocycles. The number of piperidine rings is 1. The highest BCUT2D eigenvalue weighted by Crippen LogP contribution is 2.30. The lowest BCUT2D eigenvalue weighted by atomic mass is 9.98. The summed E-state index contributed by atoms with van der Waals surface area (Å²) in [4.78, 5) is 26.6. The Hall–Kier alpha value is -2.55. The van der Waals surface area contributed by atoms with Crippen LogP contribution in [0.25, 0.3) is 0 Å². The number of benzene rings is 1. The molecular formula is C20H24FN5O2S. The molecule has 29 heavy (non-hydrogen) atoms. The molecule has 0 unspecified atom stereocenters. The van der Waals surface area contributed by atoms with E-state index in [1.165, 1.54) is 42.4 Å². The van der Waals surface area contributed by atoms with Crippen molar-refractivity contribution in [3.05, 3.63) is 40.1 Å². The number of amides is 3. The number of aromatic nitrogens is 2. The van der Waals surface area contributed by atoms with E-state index in [0.717, 1.165) is 30.7 Å². The summed E-state index contributed by atoms with van der Waals surface area (Å²) < 4.78 is 13.3. The summed E-state index contributed by atoms with van der Waals surface area (Å²) in [5, 5.41) is 15.0. The fraction of sp³-hybridized carbons (Fsp3) is 0.500. The lowest BCUT2D eigenvalue weighted by Gasteiger charge is -2.31. The molecule has 0 spiro atoms. The van der Waals surface area contributed by atoms with Crippen molar-refractivity contribution in [2.75, 3.05) is 18.4 Å². The van der Waals surface area contributed by atoms with Gasteiger partial charge in [-0.05, 0) is 43.9 Å². The Bertz CT molecular complexity index is 875. The number of urea groups is 1. The number of nitrogens with zero attached hydrogens (tertiary/aromatic N) is 3. The van der Waals surface area contributed by atoms with Gasteiger partial charge in [0.1, 0.15) is 10.8 Å². The molecule has 1 saturated carbocycles. The molecular weight excluding hydrogens is 393 g/mol. The van der Waals surface area contributed by atoms with Gasteiger partial charge in [-0.25, -0.2) is 9.18 Å². The average Bonchev–Trinajstić information content (AvgIpc) is 3.40. The number of carbonyl (C=O) groups is 2. The van der Waals surface area contributed by atoms with Crippen molar-refractivity contribution in [3.8, 4) is 0 Å². The van der Waals surface area contributed by atoms with Gasteiger partial charge in [-0.1, -0.05) is 30.2 Å². The maximum Gasteiger partial charge on any atom is 0.317 e. The molecule has 7 nitrogen and oxygen atoms in total. The van der Waals surface area contributed by atoms with Crippen LogP contribution >= 0.6 is 11.3 Å². The van der Waals surface area contributed by atoms with Gasteiger partial charge in [-0.2, -0.15) is 0 Å². The van der Waals surface area contributed by atoms with Gasteiger partial charge in [0, 0.05) is 30.7 Å². The van der Waals surface area contributed by atoms with E-state index in [9.17, 15) is 14.0 Å². The first kappa shape index (κ1) is 19.8. The lowest BCUT2D eigenvalue weighted by molar-refractivity contribution is 0.102. The number of anilines is 1. The average molecular weight is 418 g/mol. The van der Waals surface area contributed by atoms with E-state index in [1.807, 2.05) is 4.90 Å². The second kappa shape index (κ2) is 8.86. The Labute approximate surface area is 172 Å². The van der Waals surface area contributed by atoms with Crippen LogP contribution in [0.5, 0.6) is 0 Å². The third kappa shape index (κ3) is 4.90. The van der Waals surface area contributed by atoms with Gasteiger partial charge in [0.25, 0.3) is 5.91 Å². The van der Waals surface area contributed by atoms with Gasteiger partial charge in [0.2, 0.25) is 5.01 Å². The van der Waals surface area contributed by atoms with Crippen molar-refractivity contribution in [2.45, 2.75) is 50.5 Å². The highest BCUT2D eigenvalue weighted by atomic mass is 32.1. The van der Waals surface area contributed by atoms with E-state index in [2.05, 4.69) is 20.8 Å². The number of nitrogens with one attached hydrogen (secondary N) is 2. The van der Waals surface area contributed by atoms with Crippen molar-refractivity contribution in [2.24, 2.45) is 0 Å². The van der Waals surface area contributed by atoms with E-state index in [-0.39, 0.29) is 17.0 Å². The molecule has 3 amide bonds. The third-order valence-electron chi connectivity index (χ3n) is 5.53. The zero-order valence-electron chi connectivity index (χ0n) is 16.1. The number of hydrogen-bond acceptors (Lipinski definition) is 5. The SMILES string of the molecule is O=C(Nc1cccc(F)c1)c1nnc(C2CCN(C(=O)NC3CCCC3)CC2)s1. The van der Waals surface area contributed by atoms with Crippen LogP contribution in [0.2, 0.25) is 0 Å². The van der Waals surface area contributed by atoms with Gasteiger partial charge in [0.15, 0.2) is 0 Å². The maximum atomic E-state index is 13.3. The monoisotopic (exact) mass is 417 g/mol. The fourth-order valence-corrected chi connectivity index (χ4v) is 4.82. The summed E-state index contributed by atoms with van der Waals surface area (Å²) in [7, 11) is 0. The minimum Gasteiger partial charge on any atom is -0.335 e. The summed E-state index contributed by atoms with van der Waals surface area (Å²) >= 11 is 1.26. The molecule has 1 aliphatic heterocycles. The predicted molar refractivity (Wildman–Crippen MR) is 109 cm³/mol. The minimum absolute atomic E-state index is 0.0303. The van der Waals surface area contributed by atoms with Crippen molar-refractivity contribution in [1.82, 2.24) is 20.4 Å². The summed E-state index contributed by atoms with van der Waals surface area (Å²) in [6, 6.07) is 6.08. The standard InChI is InChI=1S/C20H24FN5O2S/c21-14-4-3-7-16(12-14)22-17(27)19-25-24-18(29-19)13-8-10-26(11-9-13)20(28)23-15-5-1-2-6-15/h3-4,7,12-13,15H,1-2,5-6,8-11H2,(H,22,27)(H,23,28). The van der Waals surface area contributed by atoms with E-state index in [0.29, 0.717) is 24.8 Å². The molecule has 2 heterocycles. The molecule has 1 saturated heterocycles. The fourth-order valence-electron chi connectivity index (χ4n) is 3.91. The van der Waals surface area contributed by atoms with E-state index < -0.39 is 11.7 Å². The molecule has 1 aromatic carbocycles. The summed E-state index contributed by atoms with van der Waals surface area (Å²) in [5.74, 6) is -0.615. The zero-order chi connectivity index (χ0) is 20.2. The maximum absolute atomic E-state index is 13.3. The Morgan fingerprint density at radius 1 is 1.10 bits per heavy atom. The second-order valence-electron chi connectivity index (χ2n) is 7.60. The quantitative estimate of drug-likeness (QED) is 0.793. The Morgan fingerprint density at radius 2 is 1.86 bits per heavy atom. The third-order valence-corrected chi connectivity index (χ3v) is 6.62. The zero-order valence-corrected chi connectivity index (χ0v) is 16.9. The molecule has 9 heteroatoms. The molecule has 2 aromatic rings. The Balaban J connectivity index is 1.29. The summed E-state index contributed by atoms with van der Waals surface area (Å²) in [6.07, 6.45) is 6.15. The van der Waals surface area contributed by atoms with Crippen LogP contribution in [0, 0.1) is 5.82 Å². The van der Waals surface area contributed by atoms with E-state index in [4.69, 9.17) is 0 Å². The van der Waals surface area contributed by atoms with Crippen LogP contribution in [-0.2, 0) is 0 Å². The first-order valence-electron chi connectivity index (χ1n) is 10.0. The van der Waals surface area contributed by atoms with Crippen LogP contribution in [0.1, 0.15) is 59.3 Å². The van der Waals surface area contributed by atoms with Gasteiger partial charge < -0.3 is 15.5 Å². The highest BCUT2D eigenvalue weighted by Gasteiger charge is 2.28. The van der Waals surface area contributed by atoms with Gasteiger partial charge in [-0.15, -0.1) is 10.2 Å². The molecule has 2 fully saturated rings. The predicted octanol–water partition coefficient (Wildman–Crippen LogP) is 3.76. The minimum atomic E-state index is -0.413.